The fraction of sp³-hybridized carbons (Fsp3) is 0.579. The van der Waals surface area contributed by atoms with Crippen LogP contribution in [0.1, 0.15) is 45.7 Å². The normalized spacial score (nSPS) is 27.1. The molecule has 1 atom stereocenters. The zero-order chi connectivity index (χ0) is 21.0. The van der Waals surface area contributed by atoms with E-state index in [-0.39, 0.29) is 18.2 Å². The van der Waals surface area contributed by atoms with E-state index in [2.05, 4.69) is 10.3 Å². The van der Waals surface area contributed by atoms with E-state index in [9.17, 15) is 13.2 Å². The van der Waals surface area contributed by atoms with E-state index < -0.39 is 31.8 Å². The van der Waals surface area contributed by atoms with E-state index in [4.69, 9.17) is 15.2 Å². The quantitative estimate of drug-likeness (QED) is 0.630. The Morgan fingerprint density at radius 3 is 2.64 bits per heavy atom. The Morgan fingerprint density at radius 1 is 1.32 bits per heavy atom. The molecular weight excluding hydrogens is 382 g/mol. The van der Waals surface area contributed by atoms with Crippen LogP contribution in [0.3, 0.4) is 0 Å². The van der Waals surface area contributed by atoms with Crippen molar-refractivity contribution in [2.75, 3.05) is 18.1 Å². The van der Waals surface area contributed by atoms with Crippen molar-refractivity contribution < 1.29 is 22.7 Å². The minimum Gasteiger partial charge on any atom is -0.442 e. The summed E-state index contributed by atoms with van der Waals surface area (Å²) in [5.74, 6) is -0.163. The van der Waals surface area contributed by atoms with E-state index in [0.29, 0.717) is 12.3 Å². The number of ether oxygens (including phenoxy) is 2. The monoisotopic (exact) mass is 409 g/mol. The summed E-state index contributed by atoms with van der Waals surface area (Å²) in [7, 11) is -3.68. The van der Waals surface area contributed by atoms with Gasteiger partial charge in [-0.05, 0) is 57.9 Å². The van der Waals surface area contributed by atoms with Crippen LogP contribution >= 0.6 is 0 Å². The smallest absolute Gasteiger partial charge is 0.435 e. The zero-order valence-electron chi connectivity index (χ0n) is 16.8. The average molecular weight is 410 g/mol. The summed E-state index contributed by atoms with van der Waals surface area (Å²) in [5.41, 5.74) is 6.25. The van der Waals surface area contributed by atoms with Crippen molar-refractivity contribution in [1.82, 2.24) is 5.32 Å². The highest BCUT2D eigenvalue weighted by Crippen LogP contribution is 2.39. The number of nitrogens with two attached hydrogens (primary N) is 1. The number of anilines is 1. The third-order valence-electron chi connectivity index (χ3n) is 4.99. The number of nitrogens with one attached hydrogen (secondary N) is 1. The molecular formula is C19H27N3O5S. The van der Waals surface area contributed by atoms with Gasteiger partial charge >= 0.3 is 6.09 Å². The molecule has 28 heavy (non-hydrogen) atoms. The number of carbonyl (C=O) groups is 1. The van der Waals surface area contributed by atoms with Crippen molar-refractivity contribution in [2.24, 2.45) is 4.99 Å². The van der Waals surface area contributed by atoms with E-state index >= 15 is 0 Å². The van der Waals surface area contributed by atoms with Crippen LogP contribution in [-0.2, 0) is 31.5 Å². The molecule has 1 aromatic rings. The lowest BCUT2D eigenvalue weighted by Crippen LogP contribution is -2.67. The third-order valence-corrected chi connectivity index (χ3v) is 7.62. The van der Waals surface area contributed by atoms with Gasteiger partial charge in [-0.1, -0.05) is 6.07 Å². The molecule has 2 heterocycles. The predicted molar refractivity (Wildman–Crippen MR) is 107 cm³/mol. The maximum absolute atomic E-state index is 13.2. The Labute approximate surface area is 165 Å². The SMILES string of the molecule is CC(C)(C)OC(=O)/N=C1\N[C@@]2(COCc3ccc(N)cc32)CS(=O)(=O)C1(C)C. The molecule has 154 valence electrons. The fourth-order valence-electron chi connectivity index (χ4n) is 3.41. The van der Waals surface area contributed by atoms with Gasteiger partial charge in [-0.15, -0.1) is 0 Å². The number of fused-ring (bicyclic) bond motifs is 2. The third kappa shape index (κ3) is 3.60. The summed E-state index contributed by atoms with van der Waals surface area (Å²) < 4.78 is 35.9. The van der Waals surface area contributed by atoms with Crippen LogP contribution in [0.15, 0.2) is 23.2 Å². The van der Waals surface area contributed by atoms with Crippen molar-refractivity contribution >= 4 is 27.5 Å². The highest BCUT2D eigenvalue weighted by molar-refractivity contribution is 7.93. The maximum atomic E-state index is 13.2. The van der Waals surface area contributed by atoms with Crippen LogP contribution in [-0.4, -0.2) is 43.1 Å². The number of amides is 1. The minimum atomic E-state index is -3.68. The summed E-state index contributed by atoms with van der Waals surface area (Å²) in [4.78, 5) is 16.3. The molecule has 0 aromatic heterocycles. The standard InChI is InChI=1S/C19H27N3O5S/c1-17(2,3)27-16(23)21-15-18(4,5)28(24,25)11-19(22-15)10-26-9-12-6-7-13(20)8-14(12)19/h6-8H,9-11,20H2,1-5H3,(H,21,22,23)/t19-/m0/s1. The van der Waals surface area contributed by atoms with Crippen LogP contribution in [0.25, 0.3) is 0 Å². The number of rotatable bonds is 0. The second-order valence-corrected chi connectivity index (χ2v) is 11.4. The predicted octanol–water partition coefficient (Wildman–Crippen LogP) is 2.12. The van der Waals surface area contributed by atoms with Crippen LogP contribution in [0.2, 0.25) is 0 Å². The maximum Gasteiger partial charge on any atom is 0.435 e. The molecule has 1 saturated heterocycles. The first-order valence-corrected chi connectivity index (χ1v) is 10.7. The molecule has 1 spiro atoms. The van der Waals surface area contributed by atoms with Gasteiger partial charge in [-0.2, -0.15) is 4.99 Å². The number of amidine groups is 1. The summed E-state index contributed by atoms with van der Waals surface area (Å²) in [5, 5.41) is 3.20. The first-order chi connectivity index (χ1) is 12.8. The molecule has 1 fully saturated rings. The van der Waals surface area contributed by atoms with Gasteiger partial charge < -0.3 is 20.5 Å². The Balaban J connectivity index is 2.11. The molecule has 0 saturated carbocycles. The molecule has 1 amide bonds. The number of carbonyl (C=O) groups excluding carboxylic acids is 1. The van der Waals surface area contributed by atoms with Gasteiger partial charge in [0.05, 0.1) is 19.0 Å². The molecule has 0 bridgehead atoms. The first kappa shape index (κ1) is 20.6. The molecule has 0 aliphatic carbocycles. The molecule has 3 N–H and O–H groups in total. The van der Waals surface area contributed by atoms with Gasteiger partial charge in [0.2, 0.25) is 0 Å². The highest BCUT2D eigenvalue weighted by Gasteiger charge is 2.55. The van der Waals surface area contributed by atoms with Gasteiger partial charge in [-0.3, -0.25) is 0 Å². The second kappa shape index (κ2) is 6.45. The summed E-state index contributed by atoms with van der Waals surface area (Å²) in [6.45, 7) is 8.68. The Morgan fingerprint density at radius 2 is 2.00 bits per heavy atom. The summed E-state index contributed by atoms with van der Waals surface area (Å²) in [6.07, 6.45) is -0.847. The summed E-state index contributed by atoms with van der Waals surface area (Å²) >= 11 is 0. The van der Waals surface area contributed by atoms with Gasteiger partial charge in [0.1, 0.15) is 21.7 Å². The average Bonchev–Trinajstić information content (AvgIpc) is 2.51. The van der Waals surface area contributed by atoms with Crippen LogP contribution in [0.4, 0.5) is 10.5 Å². The van der Waals surface area contributed by atoms with Crippen molar-refractivity contribution in [1.29, 1.82) is 0 Å². The molecule has 9 heteroatoms. The Bertz CT molecular complexity index is 947. The number of nitrogens with zero attached hydrogens (tertiary/aromatic N) is 1. The van der Waals surface area contributed by atoms with Gasteiger partial charge in [0, 0.05) is 5.69 Å². The zero-order valence-corrected chi connectivity index (χ0v) is 17.6. The van der Waals surface area contributed by atoms with E-state index in [1.165, 1.54) is 13.8 Å². The molecule has 0 radical (unpaired) electrons. The number of aliphatic imine (C=N–C) groups is 1. The van der Waals surface area contributed by atoms with E-state index in [1.54, 1.807) is 32.9 Å². The van der Waals surface area contributed by atoms with Gasteiger partial charge in [0.25, 0.3) is 0 Å². The molecule has 2 aliphatic heterocycles. The van der Waals surface area contributed by atoms with Crippen LogP contribution < -0.4 is 11.1 Å². The second-order valence-electron chi connectivity index (χ2n) is 8.83. The van der Waals surface area contributed by atoms with E-state index in [0.717, 1.165) is 11.1 Å². The molecule has 0 unspecified atom stereocenters. The Hall–Kier alpha value is -2.13. The largest absolute Gasteiger partial charge is 0.442 e. The fourth-order valence-corrected chi connectivity index (χ4v) is 5.12. The van der Waals surface area contributed by atoms with Gasteiger partial charge in [-0.25, -0.2) is 13.2 Å². The van der Waals surface area contributed by atoms with Gasteiger partial charge in [0.15, 0.2) is 9.84 Å². The molecule has 3 rings (SSSR count). The highest BCUT2D eigenvalue weighted by atomic mass is 32.2. The van der Waals surface area contributed by atoms with Crippen molar-refractivity contribution in [3.8, 4) is 0 Å². The van der Waals surface area contributed by atoms with E-state index in [1.807, 2.05) is 6.07 Å². The first-order valence-electron chi connectivity index (χ1n) is 9.05. The number of hydrogen-bond donors (Lipinski definition) is 2. The number of benzene rings is 1. The minimum absolute atomic E-state index is 0.0341. The number of hydrogen-bond acceptors (Lipinski definition) is 6. The number of sulfone groups is 1. The lowest BCUT2D eigenvalue weighted by Gasteiger charge is -2.47. The molecule has 8 nitrogen and oxygen atoms in total. The Kier molecular flexibility index (Phi) is 4.75. The lowest BCUT2D eigenvalue weighted by molar-refractivity contribution is 0.0505. The molecule has 2 aliphatic rings. The van der Waals surface area contributed by atoms with Crippen molar-refractivity contribution in [3.63, 3.8) is 0 Å². The number of nitrogen functional groups attached to an aromatic ring is 1. The lowest BCUT2D eigenvalue weighted by atomic mass is 9.85. The summed E-state index contributed by atoms with van der Waals surface area (Å²) in [6, 6.07) is 5.33. The topological polar surface area (TPSA) is 120 Å². The van der Waals surface area contributed by atoms with Crippen LogP contribution in [0, 0.1) is 0 Å². The van der Waals surface area contributed by atoms with Crippen LogP contribution in [0.5, 0.6) is 0 Å². The molecule has 1 aromatic carbocycles. The van der Waals surface area contributed by atoms with Crippen molar-refractivity contribution in [2.45, 2.75) is 57.1 Å². The van der Waals surface area contributed by atoms with Crippen molar-refractivity contribution in [3.05, 3.63) is 29.3 Å².